The molecular weight excluding hydrogens is 674 g/mol. The van der Waals surface area contributed by atoms with Crippen molar-refractivity contribution < 1.29 is 34.1 Å². The van der Waals surface area contributed by atoms with Gasteiger partial charge in [0, 0.05) is 37.1 Å². The van der Waals surface area contributed by atoms with Crippen molar-refractivity contribution in [3.05, 3.63) is 66.7 Å². The van der Waals surface area contributed by atoms with Crippen LogP contribution in [0, 0.1) is 3.57 Å². The fraction of sp³-hybridized carbons (Fsp3) is 0.393. The molecule has 0 aliphatic heterocycles. The SMILES string of the molecule is CCCC(=O)N(Cc1ccc(Cl)c(Cl)c1)C1CC(C(=O)NCCO)=CC(Oc2c(I)cc(C=O)cc2OC)C1O. The summed E-state index contributed by atoms with van der Waals surface area (Å²) in [6.45, 7) is 1.78. The molecule has 2 aromatic rings. The summed E-state index contributed by atoms with van der Waals surface area (Å²) in [5.74, 6) is -0.107. The number of aliphatic hydroxyl groups is 2. The zero-order chi connectivity index (χ0) is 29.4. The van der Waals surface area contributed by atoms with Crippen LogP contribution in [0.5, 0.6) is 11.5 Å². The van der Waals surface area contributed by atoms with Gasteiger partial charge >= 0.3 is 0 Å². The predicted octanol–water partition coefficient (Wildman–Crippen LogP) is 4.16. The van der Waals surface area contributed by atoms with E-state index in [0.717, 1.165) is 0 Å². The van der Waals surface area contributed by atoms with Gasteiger partial charge in [0.15, 0.2) is 11.5 Å². The molecule has 0 heterocycles. The minimum absolute atomic E-state index is 0.0373. The maximum absolute atomic E-state index is 13.4. The first kappa shape index (κ1) is 32.1. The molecule has 0 fully saturated rings. The van der Waals surface area contributed by atoms with Gasteiger partial charge in [-0.1, -0.05) is 36.2 Å². The number of hydrogen-bond acceptors (Lipinski definition) is 7. The zero-order valence-electron chi connectivity index (χ0n) is 22.0. The van der Waals surface area contributed by atoms with Gasteiger partial charge in [-0.05, 0) is 64.9 Å². The maximum Gasteiger partial charge on any atom is 0.247 e. The molecule has 0 aromatic heterocycles. The largest absolute Gasteiger partial charge is 0.493 e. The predicted molar refractivity (Wildman–Crippen MR) is 160 cm³/mol. The van der Waals surface area contributed by atoms with Gasteiger partial charge in [-0.15, -0.1) is 0 Å². The fourth-order valence-corrected chi connectivity index (χ4v) is 5.49. The van der Waals surface area contributed by atoms with Gasteiger partial charge in [-0.2, -0.15) is 0 Å². The Labute approximate surface area is 256 Å². The number of methoxy groups -OCH3 is 1. The Hall–Kier alpha value is -2.38. The molecule has 40 heavy (non-hydrogen) atoms. The van der Waals surface area contributed by atoms with E-state index in [9.17, 15) is 24.6 Å². The Bertz CT molecular complexity index is 1270. The average Bonchev–Trinajstić information content (AvgIpc) is 2.94. The van der Waals surface area contributed by atoms with E-state index in [0.29, 0.717) is 37.4 Å². The first-order valence-corrected chi connectivity index (χ1v) is 14.5. The second kappa shape index (κ2) is 15.0. The third-order valence-electron chi connectivity index (χ3n) is 6.38. The van der Waals surface area contributed by atoms with Crippen molar-refractivity contribution in [1.82, 2.24) is 10.2 Å². The lowest BCUT2D eigenvalue weighted by atomic mass is 9.87. The van der Waals surface area contributed by atoms with E-state index in [1.807, 2.05) is 29.5 Å². The number of aldehydes is 1. The molecule has 3 atom stereocenters. The number of carbonyl (C=O) groups excluding carboxylic acids is 3. The summed E-state index contributed by atoms with van der Waals surface area (Å²) in [6, 6.07) is 7.32. The average molecular weight is 705 g/mol. The molecule has 0 saturated heterocycles. The van der Waals surface area contributed by atoms with Gasteiger partial charge in [-0.25, -0.2) is 0 Å². The molecule has 3 unspecified atom stereocenters. The van der Waals surface area contributed by atoms with Crippen LogP contribution in [-0.4, -0.2) is 71.7 Å². The highest BCUT2D eigenvalue weighted by Gasteiger charge is 2.40. The molecule has 0 radical (unpaired) electrons. The number of aliphatic hydroxyl groups excluding tert-OH is 2. The van der Waals surface area contributed by atoms with Crippen LogP contribution in [0.4, 0.5) is 0 Å². The number of rotatable bonds is 12. The molecule has 3 rings (SSSR count). The lowest BCUT2D eigenvalue weighted by Gasteiger charge is -2.41. The molecule has 0 saturated carbocycles. The van der Waals surface area contributed by atoms with Crippen LogP contribution in [0.1, 0.15) is 42.1 Å². The summed E-state index contributed by atoms with van der Waals surface area (Å²) in [4.78, 5) is 39.3. The van der Waals surface area contributed by atoms with Gasteiger partial charge in [0.2, 0.25) is 11.8 Å². The van der Waals surface area contributed by atoms with E-state index in [4.69, 9.17) is 32.7 Å². The summed E-state index contributed by atoms with van der Waals surface area (Å²) < 4.78 is 12.2. The highest BCUT2D eigenvalue weighted by atomic mass is 127. The summed E-state index contributed by atoms with van der Waals surface area (Å²) >= 11 is 14.3. The number of carbonyl (C=O) groups is 3. The third kappa shape index (κ3) is 7.88. The van der Waals surface area contributed by atoms with Gasteiger partial charge in [0.05, 0.1) is 33.4 Å². The smallest absolute Gasteiger partial charge is 0.247 e. The van der Waals surface area contributed by atoms with E-state index >= 15 is 0 Å². The zero-order valence-corrected chi connectivity index (χ0v) is 25.7. The number of nitrogens with one attached hydrogen (secondary N) is 1. The Balaban J connectivity index is 2.05. The lowest BCUT2D eigenvalue weighted by molar-refractivity contribution is -0.139. The number of nitrogens with zero attached hydrogens (tertiary/aromatic N) is 1. The third-order valence-corrected chi connectivity index (χ3v) is 7.92. The highest BCUT2D eigenvalue weighted by Crippen LogP contribution is 2.37. The van der Waals surface area contributed by atoms with Crippen LogP contribution in [-0.2, 0) is 16.1 Å². The quantitative estimate of drug-likeness (QED) is 0.224. The number of amides is 2. The molecule has 3 N–H and O–H groups in total. The first-order chi connectivity index (χ1) is 19.1. The Morgan fingerprint density at radius 2 is 1.98 bits per heavy atom. The van der Waals surface area contributed by atoms with Crippen molar-refractivity contribution in [3.63, 3.8) is 0 Å². The molecule has 0 bridgehead atoms. The molecule has 12 heteroatoms. The minimum Gasteiger partial charge on any atom is -0.493 e. The summed E-state index contributed by atoms with van der Waals surface area (Å²) in [5.41, 5.74) is 1.37. The standard InChI is InChI=1S/C28H31Cl2IN2O7/c1-3-4-25(36)33(14-16-5-6-19(29)20(30)9-16)22-12-18(28(38)32-7-8-34)13-23(26(22)37)40-27-21(31)10-17(15-35)11-24(27)39-2/h5-6,9-11,13,15,22-23,26,34,37H,3-4,7-8,12,14H2,1-2H3,(H,32,38). The monoisotopic (exact) mass is 704 g/mol. The molecular formula is C28H31Cl2IN2O7. The Morgan fingerprint density at radius 3 is 2.60 bits per heavy atom. The summed E-state index contributed by atoms with van der Waals surface area (Å²) in [5, 5.41) is 24.1. The molecule has 1 aliphatic carbocycles. The van der Waals surface area contributed by atoms with Crippen LogP contribution < -0.4 is 14.8 Å². The highest BCUT2D eigenvalue weighted by molar-refractivity contribution is 14.1. The topological polar surface area (TPSA) is 125 Å². The van der Waals surface area contributed by atoms with Crippen LogP contribution in [0.25, 0.3) is 0 Å². The van der Waals surface area contributed by atoms with Crippen LogP contribution >= 0.6 is 45.8 Å². The van der Waals surface area contributed by atoms with Crippen LogP contribution in [0.2, 0.25) is 10.0 Å². The molecule has 9 nitrogen and oxygen atoms in total. The number of benzene rings is 2. The van der Waals surface area contributed by atoms with Gasteiger partial charge in [-0.3, -0.25) is 14.4 Å². The van der Waals surface area contributed by atoms with E-state index < -0.39 is 24.2 Å². The number of hydrogen-bond donors (Lipinski definition) is 3. The van der Waals surface area contributed by atoms with Crippen molar-refractivity contribution >= 4 is 63.9 Å². The molecule has 2 amide bonds. The van der Waals surface area contributed by atoms with Crippen molar-refractivity contribution in [2.45, 2.75) is 51.0 Å². The molecule has 1 aliphatic rings. The van der Waals surface area contributed by atoms with Gasteiger partial charge in [0.1, 0.15) is 18.5 Å². The Morgan fingerprint density at radius 1 is 1.23 bits per heavy atom. The lowest BCUT2D eigenvalue weighted by Crippen LogP contribution is -2.54. The first-order valence-electron chi connectivity index (χ1n) is 12.6. The molecule has 216 valence electrons. The maximum atomic E-state index is 13.4. The van der Waals surface area contributed by atoms with Crippen molar-refractivity contribution in [2.75, 3.05) is 20.3 Å². The van der Waals surface area contributed by atoms with Crippen molar-refractivity contribution in [3.8, 4) is 11.5 Å². The second-order valence-electron chi connectivity index (χ2n) is 9.19. The Kier molecular flexibility index (Phi) is 12.1. The minimum atomic E-state index is -1.23. The van der Waals surface area contributed by atoms with E-state index in [1.54, 1.807) is 24.3 Å². The van der Waals surface area contributed by atoms with Gasteiger partial charge < -0.3 is 29.9 Å². The second-order valence-corrected chi connectivity index (χ2v) is 11.2. The number of ether oxygens (including phenoxy) is 2. The summed E-state index contributed by atoms with van der Waals surface area (Å²) in [6.07, 6.45) is 0.769. The van der Waals surface area contributed by atoms with Crippen molar-refractivity contribution in [1.29, 1.82) is 0 Å². The van der Waals surface area contributed by atoms with E-state index in [-0.39, 0.29) is 55.5 Å². The fourth-order valence-electron chi connectivity index (χ4n) is 4.42. The molecule has 0 spiro atoms. The van der Waals surface area contributed by atoms with Crippen molar-refractivity contribution in [2.24, 2.45) is 0 Å². The molecule has 2 aromatic carbocycles. The van der Waals surface area contributed by atoms with E-state index in [1.165, 1.54) is 24.2 Å². The van der Waals surface area contributed by atoms with Crippen LogP contribution in [0.15, 0.2) is 42.0 Å². The van der Waals surface area contributed by atoms with Gasteiger partial charge in [0.25, 0.3) is 0 Å². The normalized spacial score (nSPS) is 18.5. The summed E-state index contributed by atoms with van der Waals surface area (Å²) in [7, 11) is 1.43. The number of halogens is 3. The van der Waals surface area contributed by atoms with E-state index in [2.05, 4.69) is 5.32 Å². The van der Waals surface area contributed by atoms with Crippen LogP contribution in [0.3, 0.4) is 0 Å².